The molecule has 0 aliphatic heterocycles. The van der Waals surface area contributed by atoms with Gasteiger partial charge in [-0.25, -0.2) is 19.9 Å². The number of fused-ring (bicyclic) bond motifs is 2. The summed E-state index contributed by atoms with van der Waals surface area (Å²) in [5.74, 6) is 0.334. The first-order valence-corrected chi connectivity index (χ1v) is 12.6. The molecule has 0 bridgehead atoms. The van der Waals surface area contributed by atoms with Crippen molar-refractivity contribution in [2.75, 3.05) is 5.32 Å². The average molecular weight is 616 g/mol. The van der Waals surface area contributed by atoms with Crippen LogP contribution >= 0.6 is 57.5 Å². The highest BCUT2D eigenvalue weighted by molar-refractivity contribution is 7.22. The highest BCUT2D eigenvalue weighted by Crippen LogP contribution is 2.35. The number of halogens is 3. The van der Waals surface area contributed by atoms with Gasteiger partial charge < -0.3 is 5.32 Å². The third-order valence-corrected chi connectivity index (χ3v) is 7.19. The molecule has 0 amide bonds. The fraction of sp³-hybridized carbons (Fsp3) is 0.0526. The smallest absolute Gasteiger partial charge is 0.326 e. The lowest BCUT2D eigenvalue weighted by Gasteiger charge is -2.07. The summed E-state index contributed by atoms with van der Waals surface area (Å²) in [4.78, 5) is 47.0. The van der Waals surface area contributed by atoms with E-state index in [2.05, 4.69) is 25.3 Å². The van der Waals surface area contributed by atoms with E-state index < -0.39 is 14.8 Å². The van der Waals surface area contributed by atoms with E-state index in [4.69, 9.17) is 34.8 Å². The third-order valence-electron chi connectivity index (χ3n) is 4.60. The lowest BCUT2D eigenvalue weighted by Crippen LogP contribution is -2.03. The highest BCUT2D eigenvalue weighted by Gasteiger charge is 2.18. The molecule has 0 aliphatic carbocycles. The molecule has 0 saturated carbocycles. The summed E-state index contributed by atoms with van der Waals surface area (Å²) in [5.41, 5.74) is 0.642. The zero-order chi connectivity index (χ0) is 27.6. The normalized spacial score (nSPS) is 10.7. The molecule has 1 aromatic carbocycles. The first-order chi connectivity index (χ1) is 18.0. The van der Waals surface area contributed by atoms with Crippen LogP contribution in [0.4, 0.5) is 21.5 Å². The molecule has 38 heavy (non-hydrogen) atoms. The second-order valence-electron chi connectivity index (χ2n) is 7.03. The van der Waals surface area contributed by atoms with Gasteiger partial charge in [-0.2, -0.15) is 0 Å². The highest BCUT2D eigenvalue weighted by atomic mass is 35.5. The number of aromatic nitrogens is 4. The number of non-ortho nitro benzene ring substituents is 1. The van der Waals surface area contributed by atoms with Gasteiger partial charge in [-0.3, -0.25) is 30.3 Å². The van der Waals surface area contributed by atoms with Gasteiger partial charge in [0.15, 0.2) is 0 Å². The van der Waals surface area contributed by atoms with E-state index in [1.54, 1.807) is 12.1 Å². The summed E-state index contributed by atoms with van der Waals surface area (Å²) in [6, 6.07) is 8.82. The number of nitro benzene ring substituents is 1. The predicted octanol–water partition coefficient (Wildman–Crippen LogP) is 6.68. The summed E-state index contributed by atoms with van der Waals surface area (Å²) in [6.45, 7) is 0.244. The molecule has 14 nitrogen and oxygen atoms in total. The molecule has 5 rings (SSSR count). The van der Waals surface area contributed by atoms with Crippen LogP contribution in [0.25, 0.3) is 20.4 Å². The summed E-state index contributed by atoms with van der Waals surface area (Å²) in [5, 5.41) is 36.0. The predicted molar refractivity (Wildman–Crippen MR) is 144 cm³/mol. The van der Waals surface area contributed by atoms with Gasteiger partial charge in [-0.05, 0) is 51.4 Å². The van der Waals surface area contributed by atoms with Gasteiger partial charge in [0, 0.05) is 30.8 Å². The van der Waals surface area contributed by atoms with Crippen molar-refractivity contribution in [1.82, 2.24) is 19.9 Å². The van der Waals surface area contributed by atoms with Crippen LogP contribution in [0.2, 0.25) is 15.7 Å². The molecule has 0 radical (unpaired) electrons. The second kappa shape index (κ2) is 11.3. The van der Waals surface area contributed by atoms with Crippen molar-refractivity contribution in [3.8, 4) is 0 Å². The minimum Gasteiger partial charge on any atom is -0.365 e. The van der Waals surface area contributed by atoms with Crippen molar-refractivity contribution in [2.24, 2.45) is 0 Å². The minimum absolute atomic E-state index is 0.0146. The van der Waals surface area contributed by atoms with Crippen molar-refractivity contribution in [3.63, 3.8) is 0 Å². The zero-order valence-electron chi connectivity index (χ0n) is 18.2. The van der Waals surface area contributed by atoms with E-state index in [1.807, 2.05) is 0 Å². The molecule has 0 unspecified atom stereocenters. The second-order valence-corrected chi connectivity index (χ2v) is 10.1. The first-order valence-electron chi connectivity index (χ1n) is 9.87. The summed E-state index contributed by atoms with van der Waals surface area (Å²) >= 11 is 18.9. The lowest BCUT2D eigenvalue weighted by atomic mass is 10.2. The van der Waals surface area contributed by atoms with Crippen LogP contribution in [-0.2, 0) is 6.54 Å². The van der Waals surface area contributed by atoms with Crippen LogP contribution in [0.15, 0.2) is 36.4 Å². The fourth-order valence-electron chi connectivity index (χ4n) is 3.01. The van der Waals surface area contributed by atoms with Crippen molar-refractivity contribution >= 4 is 99.4 Å². The van der Waals surface area contributed by atoms with Crippen LogP contribution in [0.5, 0.6) is 0 Å². The van der Waals surface area contributed by atoms with Gasteiger partial charge in [-0.15, -0.1) is 0 Å². The van der Waals surface area contributed by atoms with E-state index in [-0.39, 0.29) is 38.0 Å². The maximum Gasteiger partial charge on any atom is 0.326 e. The third kappa shape index (κ3) is 6.17. The maximum absolute atomic E-state index is 10.9. The SMILES string of the molecule is O=[N+]([O-])c1cc2c(Cl)nc(Cl)nc2s1.O=[N+]([O-])c1cccc(CNc2nc(Cl)nc3sc([N+](=O)[O-])cc23)c1. The van der Waals surface area contributed by atoms with Gasteiger partial charge in [0.1, 0.15) is 20.6 Å². The molecule has 0 spiro atoms. The van der Waals surface area contributed by atoms with Crippen LogP contribution in [-0.4, -0.2) is 34.7 Å². The Balaban J connectivity index is 0.000000204. The lowest BCUT2D eigenvalue weighted by molar-refractivity contribution is -0.384. The maximum atomic E-state index is 10.9. The van der Waals surface area contributed by atoms with Gasteiger partial charge in [0.05, 0.1) is 25.5 Å². The number of nitrogens with one attached hydrogen (secondary N) is 1. The molecule has 0 atom stereocenters. The molecule has 19 heteroatoms. The van der Waals surface area contributed by atoms with Gasteiger partial charge in [-0.1, -0.05) is 23.7 Å². The largest absolute Gasteiger partial charge is 0.365 e. The van der Waals surface area contributed by atoms with E-state index in [0.717, 1.165) is 22.7 Å². The van der Waals surface area contributed by atoms with Crippen LogP contribution in [0, 0.1) is 30.3 Å². The van der Waals surface area contributed by atoms with Crippen LogP contribution < -0.4 is 5.32 Å². The first kappa shape index (κ1) is 27.2. The molecule has 5 aromatic rings. The Bertz CT molecular complexity index is 1730. The van der Waals surface area contributed by atoms with Gasteiger partial charge in [0.2, 0.25) is 10.6 Å². The molecule has 0 fully saturated rings. The molecule has 1 N–H and O–H groups in total. The van der Waals surface area contributed by atoms with Gasteiger partial charge >= 0.3 is 10.0 Å². The van der Waals surface area contributed by atoms with E-state index in [0.29, 0.717) is 31.8 Å². The number of benzene rings is 1. The Morgan fingerprint density at radius 1 is 0.763 bits per heavy atom. The van der Waals surface area contributed by atoms with E-state index in [1.165, 1.54) is 24.3 Å². The fourth-order valence-corrected chi connectivity index (χ4v) is 5.47. The van der Waals surface area contributed by atoms with E-state index >= 15 is 0 Å². The number of nitrogens with zero attached hydrogens (tertiary/aromatic N) is 7. The number of rotatable bonds is 6. The van der Waals surface area contributed by atoms with Gasteiger partial charge in [0.25, 0.3) is 5.69 Å². The number of thiophene rings is 2. The number of hydrogen-bond donors (Lipinski definition) is 1. The average Bonchev–Trinajstić information content (AvgIpc) is 3.48. The molecule has 194 valence electrons. The molecule has 0 aliphatic rings. The summed E-state index contributed by atoms with van der Waals surface area (Å²) < 4.78 is 0. The Morgan fingerprint density at radius 2 is 1.34 bits per heavy atom. The van der Waals surface area contributed by atoms with E-state index in [9.17, 15) is 30.3 Å². The molecular formula is C19H9Cl3N8O6S2. The summed E-state index contributed by atoms with van der Waals surface area (Å²) in [6.07, 6.45) is 0. The Labute approximate surface area is 233 Å². The number of hydrogen-bond acceptors (Lipinski definition) is 13. The Hall–Kier alpha value is -3.83. The molecule has 0 saturated heterocycles. The van der Waals surface area contributed by atoms with Crippen molar-refractivity contribution in [3.05, 3.63) is 88.0 Å². The minimum atomic E-state index is -0.509. The Kier molecular flexibility index (Phi) is 8.08. The zero-order valence-corrected chi connectivity index (χ0v) is 22.1. The van der Waals surface area contributed by atoms with Crippen LogP contribution in [0.3, 0.4) is 0 Å². The monoisotopic (exact) mass is 614 g/mol. The number of anilines is 1. The standard InChI is InChI=1S/C13H8ClN5O4S.C6HCl2N3O2S/c14-13-16-11(9-5-10(19(22)23)24-12(9)17-13)15-6-7-2-1-3-8(4-7)18(20)21;7-4-2-1-3(11(12)13)14-5(2)10-6(8)9-4/h1-5H,6H2,(H,15,16,17);1H. The quantitative estimate of drug-likeness (QED) is 0.0926. The Morgan fingerprint density at radius 3 is 1.95 bits per heavy atom. The van der Waals surface area contributed by atoms with Crippen molar-refractivity contribution < 1.29 is 14.8 Å². The van der Waals surface area contributed by atoms with Crippen molar-refractivity contribution in [2.45, 2.75) is 6.54 Å². The molecule has 4 aromatic heterocycles. The molecular weight excluding hydrogens is 607 g/mol. The van der Waals surface area contributed by atoms with Crippen LogP contribution in [0.1, 0.15) is 5.56 Å². The molecule has 4 heterocycles. The topological polar surface area (TPSA) is 193 Å². The number of nitro groups is 3. The summed E-state index contributed by atoms with van der Waals surface area (Å²) in [7, 11) is 0. The van der Waals surface area contributed by atoms with Crippen molar-refractivity contribution in [1.29, 1.82) is 0 Å².